The van der Waals surface area contributed by atoms with E-state index in [9.17, 15) is 4.79 Å². The number of hydrogen-bond acceptors (Lipinski definition) is 3. The number of furan rings is 1. The van der Waals surface area contributed by atoms with E-state index in [1.165, 1.54) is 0 Å². The van der Waals surface area contributed by atoms with Crippen molar-refractivity contribution in [2.75, 3.05) is 5.73 Å². The van der Waals surface area contributed by atoms with Gasteiger partial charge in [-0.15, -0.1) is 0 Å². The fourth-order valence-electron chi connectivity index (χ4n) is 1.31. The van der Waals surface area contributed by atoms with E-state index in [1.807, 2.05) is 6.07 Å². The van der Waals surface area contributed by atoms with Gasteiger partial charge in [0.25, 0.3) is 5.91 Å². The Morgan fingerprint density at radius 1 is 1.43 bits per heavy atom. The lowest BCUT2D eigenvalue weighted by Gasteiger charge is -1.92. The van der Waals surface area contributed by atoms with Gasteiger partial charge in [0, 0.05) is 4.47 Å². The predicted molar refractivity (Wildman–Crippen MR) is 56.8 cm³/mol. The molecule has 2 rings (SSSR count). The van der Waals surface area contributed by atoms with Crippen molar-refractivity contribution in [1.29, 1.82) is 0 Å². The highest BCUT2D eigenvalue weighted by atomic mass is 79.9. The van der Waals surface area contributed by atoms with Crippen molar-refractivity contribution in [3.05, 3.63) is 28.4 Å². The van der Waals surface area contributed by atoms with Crippen LogP contribution >= 0.6 is 15.9 Å². The first kappa shape index (κ1) is 9.08. The summed E-state index contributed by atoms with van der Waals surface area (Å²) in [4.78, 5) is 10.9. The maximum absolute atomic E-state index is 10.9. The van der Waals surface area contributed by atoms with Crippen molar-refractivity contribution in [3.63, 3.8) is 0 Å². The molecule has 1 aromatic carbocycles. The third-order valence-electron chi connectivity index (χ3n) is 1.93. The number of hydrogen-bond donors (Lipinski definition) is 2. The fourth-order valence-corrected chi connectivity index (χ4v) is 1.87. The van der Waals surface area contributed by atoms with Gasteiger partial charge in [-0.05, 0) is 28.1 Å². The molecule has 1 aromatic heterocycles. The molecule has 4 nitrogen and oxygen atoms in total. The molecule has 4 N–H and O–H groups in total. The Kier molecular flexibility index (Phi) is 1.96. The van der Waals surface area contributed by atoms with Gasteiger partial charge >= 0.3 is 0 Å². The molecule has 14 heavy (non-hydrogen) atoms. The Hall–Kier alpha value is -1.49. The SMILES string of the molecule is NC(=O)c1oc2cccc(Br)c2c1N. The van der Waals surface area contributed by atoms with E-state index >= 15 is 0 Å². The van der Waals surface area contributed by atoms with E-state index in [4.69, 9.17) is 15.9 Å². The molecule has 0 saturated carbocycles. The number of carbonyl (C=O) groups is 1. The predicted octanol–water partition coefficient (Wildman–Crippen LogP) is 1.88. The van der Waals surface area contributed by atoms with Crippen molar-refractivity contribution >= 4 is 38.5 Å². The highest BCUT2D eigenvalue weighted by Crippen LogP contribution is 2.33. The third kappa shape index (κ3) is 1.17. The number of carbonyl (C=O) groups excluding carboxylic acids is 1. The second-order valence-corrected chi connectivity index (χ2v) is 3.68. The summed E-state index contributed by atoms with van der Waals surface area (Å²) in [5, 5.41) is 0.682. The molecule has 0 aliphatic carbocycles. The largest absolute Gasteiger partial charge is 0.449 e. The number of anilines is 1. The smallest absolute Gasteiger partial charge is 0.286 e. The fraction of sp³-hybridized carbons (Fsp3) is 0. The number of benzene rings is 1. The second-order valence-electron chi connectivity index (χ2n) is 2.82. The summed E-state index contributed by atoms with van der Waals surface area (Å²) in [6, 6.07) is 5.34. The Morgan fingerprint density at radius 2 is 2.14 bits per heavy atom. The standard InChI is InChI=1S/C9H7BrN2O2/c10-4-2-1-3-5-6(4)7(11)8(14-5)9(12)13/h1-3H,11H2,(H2,12,13). The number of nitrogen functional groups attached to an aromatic ring is 1. The van der Waals surface area contributed by atoms with E-state index in [1.54, 1.807) is 12.1 Å². The quantitative estimate of drug-likeness (QED) is 0.815. The molecule has 0 saturated heterocycles. The summed E-state index contributed by atoms with van der Waals surface area (Å²) in [5.41, 5.74) is 11.6. The molecule has 0 fully saturated rings. The summed E-state index contributed by atoms with van der Waals surface area (Å²) in [7, 11) is 0. The van der Waals surface area contributed by atoms with Crippen LogP contribution in [-0.2, 0) is 0 Å². The summed E-state index contributed by atoms with van der Waals surface area (Å²) in [6.07, 6.45) is 0. The normalized spacial score (nSPS) is 10.6. The van der Waals surface area contributed by atoms with Crippen molar-refractivity contribution in [2.24, 2.45) is 5.73 Å². The minimum atomic E-state index is -0.661. The van der Waals surface area contributed by atoms with E-state index < -0.39 is 5.91 Å². The number of fused-ring (bicyclic) bond motifs is 1. The molecule has 1 amide bonds. The van der Waals surface area contributed by atoms with Gasteiger partial charge < -0.3 is 15.9 Å². The second kappa shape index (κ2) is 3.02. The molecule has 1 heterocycles. The minimum Gasteiger partial charge on any atom is -0.449 e. The molecule has 0 spiro atoms. The lowest BCUT2D eigenvalue weighted by molar-refractivity contribution is 0.0977. The van der Waals surface area contributed by atoms with E-state index in [0.29, 0.717) is 11.0 Å². The maximum atomic E-state index is 10.9. The van der Waals surface area contributed by atoms with Gasteiger partial charge in [-0.2, -0.15) is 0 Å². The van der Waals surface area contributed by atoms with Gasteiger partial charge in [0.1, 0.15) is 5.58 Å². The van der Waals surface area contributed by atoms with E-state index in [0.717, 1.165) is 4.47 Å². The lowest BCUT2D eigenvalue weighted by Crippen LogP contribution is -2.11. The average molecular weight is 255 g/mol. The Labute approximate surface area is 88.0 Å². The number of rotatable bonds is 1. The van der Waals surface area contributed by atoms with Gasteiger partial charge in [0.15, 0.2) is 0 Å². The maximum Gasteiger partial charge on any atom is 0.286 e. The molecule has 0 radical (unpaired) electrons. The average Bonchev–Trinajstić information content (AvgIpc) is 2.45. The van der Waals surface area contributed by atoms with Crippen LogP contribution in [0.15, 0.2) is 27.1 Å². The molecule has 0 unspecified atom stereocenters. The van der Waals surface area contributed by atoms with Crippen molar-refractivity contribution < 1.29 is 9.21 Å². The van der Waals surface area contributed by atoms with E-state index in [2.05, 4.69) is 15.9 Å². The first-order chi connectivity index (χ1) is 6.61. The van der Waals surface area contributed by atoms with Crippen LogP contribution in [0.5, 0.6) is 0 Å². The Morgan fingerprint density at radius 3 is 2.71 bits per heavy atom. The highest BCUT2D eigenvalue weighted by Gasteiger charge is 2.17. The van der Waals surface area contributed by atoms with Gasteiger partial charge in [0.2, 0.25) is 5.76 Å². The number of halogens is 1. The molecular formula is C9H7BrN2O2. The molecule has 0 bridgehead atoms. The summed E-state index contributed by atoms with van der Waals surface area (Å²) < 4.78 is 5.99. The molecule has 5 heteroatoms. The zero-order chi connectivity index (χ0) is 10.3. The number of primary amides is 1. The molecule has 72 valence electrons. The third-order valence-corrected chi connectivity index (χ3v) is 2.59. The van der Waals surface area contributed by atoms with Gasteiger partial charge in [-0.1, -0.05) is 6.07 Å². The molecule has 0 aliphatic rings. The number of nitrogens with two attached hydrogens (primary N) is 2. The highest BCUT2D eigenvalue weighted by molar-refractivity contribution is 9.10. The topological polar surface area (TPSA) is 82.2 Å². The first-order valence-electron chi connectivity index (χ1n) is 3.87. The molecular weight excluding hydrogens is 248 g/mol. The van der Waals surface area contributed by atoms with Crippen LogP contribution in [-0.4, -0.2) is 5.91 Å². The van der Waals surface area contributed by atoms with Crippen LogP contribution in [0.2, 0.25) is 0 Å². The van der Waals surface area contributed by atoms with Crippen LogP contribution in [0.25, 0.3) is 11.0 Å². The molecule has 2 aromatic rings. The zero-order valence-electron chi connectivity index (χ0n) is 7.08. The van der Waals surface area contributed by atoms with E-state index in [-0.39, 0.29) is 11.4 Å². The zero-order valence-corrected chi connectivity index (χ0v) is 8.67. The van der Waals surface area contributed by atoms with Crippen molar-refractivity contribution in [3.8, 4) is 0 Å². The van der Waals surface area contributed by atoms with Crippen molar-refractivity contribution in [2.45, 2.75) is 0 Å². The molecule has 0 aliphatic heterocycles. The van der Waals surface area contributed by atoms with Crippen LogP contribution in [0.4, 0.5) is 5.69 Å². The Balaban J connectivity index is 2.87. The van der Waals surface area contributed by atoms with Crippen LogP contribution in [0, 0.1) is 0 Å². The van der Waals surface area contributed by atoms with Crippen LogP contribution in [0.1, 0.15) is 10.6 Å². The summed E-state index contributed by atoms with van der Waals surface area (Å²) >= 11 is 3.32. The molecule has 0 atom stereocenters. The van der Waals surface area contributed by atoms with Gasteiger partial charge in [0.05, 0.1) is 11.1 Å². The Bertz CT molecular complexity index is 519. The summed E-state index contributed by atoms with van der Waals surface area (Å²) in [5.74, 6) is -0.655. The first-order valence-corrected chi connectivity index (χ1v) is 4.67. The summed E-state index contributed by atoms with van der Waals surface area (Å²) in [6.45, 7) is 0. The monoisotopic (exact) mass is 254 g/mol. The van der Waals surface area contributed by atoms with Crippen LogP contribution in [0.3, 0.4) is 0 Å². The van der Waals surface area contributed by atoms with Gasteiger partial charge in [-0.3, -0.25) is 4.79 Å². The number of amides is 1. The lowest BCUT2D eigenvalue weighted by atomic mass is 10.2. The minimum absolute atomic E-state index is 0.00639. The van der Waals surface area contributed by atoms with Gasteiger partial charge in [-0.25, -0.2) is 0 Å². The van der Waals surface area contributed by atoms with Crippen molar-refractivity contribution in [1.82, 2.24) is 0 Å². The van der Waals surface area contributed by atoms with Crippen LogP contribution < -0.4 is 11.5 Å².